The minimum Gasteiger partial charge on any atom is -0.208 e. The fourth-order valence-electron chi connectivity index (χ4n) is 2.58. The van der Waals surface area contributed by atoms with Gasteiger partial charge in [-0.3, -0.25) is 0 Å². The second kappa shape index (κ2) is 9.20. The van der Waals surface area contributed by atoms with Gasteiger partial charge in [-0.05, 0) is 31.5 Å². The first-order valence-electron chi connectivity index (χ1n) is 8.72. The Bertz CT molecular complexity index is 975. The van der Waals surface area contributed by atoms with Crippen molar-refractivity contribution in [3.63, 3.8) is 0 Å². The SMILES string of the molecule is C/C=C(\C=C/CC)c1nc(-c2ccccc2)nc(-c2cc(Br)cc(Br)c2)n1. The van der Waals surface area contributed by atoms with Crippen LogP contribution in [0, 0.1) is 0 Å². The van der Waals surface area contributed by atoms with Gasteiger partial charge in [0.05, 0.1) is 0 Å². The fourth-order valence-corrected chi connectivity index (χ4v) is 3.87. The van der Waals surface area contributed by atoms with Crippen LogP contribution >= 0.6 is 31.9 Å². The van der Waals surface area contributed by atoms with E-state index in [0.29, 0.717) is 17.5 Å². The Morgan fingerprint density at radius 1 is 0.889 bits per heavy atom. The molecule has 0 aliphatic carbocycles. The normalized spacial score (nSPS) is 11.9. The zero-order valence-corrected chi connectivity index (χ0v) is 18.3. The van der Waals surface area contributed by atoms with Crippen molar-refractivity contribution in [2.45, 2.75) is 20.3 Å². The van der Waals surface area contributed by atoms with E-state index < -0.39 is 0 Å². The second-order valence-corrected chi connectivity index (χ2v) is 7.72. The zero-order valence-electron chi connectivity index (χ0n) is 15.2. The fraction of sp³-hybridized carbons (Fsp3) is 0.136. The Balaban J connectivity index is 2.21. The summed E-state index contributed by atoms with van der Waals surface area (Å²) in [4.78, 5) is 14.2. The van der Waals surface area contributed by atoms with Crippen LogP contribution in [0.1, 0.15) is 26.1 Å². The predicted octanol–water partition coefficient (Wildman–Crippen LogP) is 7.10. The summed E-state index contributed by atoms with van der Waals surface area (Å²) in [6.45, 7) is 4.10. The van der Waals surface area contributed by atoms with Gasteiger partial charge in [0.1, 0.15) is 0 Å². The number of rotatable bonds is 5. The molecule has 0 atom stereocenters. The number of hydrogen-bond donors (Lipinski definition) is 0. The van der Waals surface area contributed by atoms with Gasteiger partial charge in [-0.25, -0.2) is 15.0 Å². The van der Waals surface area contributed by atoms with E-state index in [0.717, 1.165) is 32.1 Å². The van der Waals surface area contributed by atoms with E-state index in [9.17, 15) is 0 Å². The molecule has 3 rings (SSSR count). The van der Waals surface area contributed by atoms with E-state index in [-0.39, 0.29) is 0 Å². The molecule has 1 heterocycles. The molecule has 0 amide bonds. The van der Waals surface area contributed by atoms with Crippen molar-refractivity contribution in [1.29, 1.82) is 0 Å². The number of aromatic nitrogens is 3. The van der Waals surface area contributed by atoms with Crippen LogP contribution in [0.25, 0.3) is 28.3 Å². The van der Waals surface area contributed by atoms with Gasteiger partial charge in [0, 0.05) is 25.6 Å². The van der Waals surface area contributed by atoms with Crippen molar-refractivity contribution in [1.82, 2.24) is 15.0 Å². The zero-order chi connectivity index (χ0) is 19.2. The van der Waals surface area contributed by atoms with Crippen LogP contribution in [0.4, 0.5) is 0 Å². The Morgan fingerprint density at radius 3 is 2.11 bits per heavy atom. The van der Waals surface area contributed by atoms with Crippen LogP contribution in [0.15, 0.2) is 75.7 Å². The molecular formula is C22H19Br2N3. The van der Waals surface area contributed by atoms with Gasteiger partial charge in [0.2, 0.25) is 0 Å². The minimum atomic E-state index is 0.644. The third-order valence-corrected chi connectivity index (χ3v) is 4.81. The van der Waals surface area contributed by atoms with Crippen molar-refractivity contribution in [2.24, 2.45) is 0 Å². The van der Waals surface area contributed by atoms with Crippen LogP contribution in [-0.4, -0.2) is 15.0 Å². The lowest BCUT2D eigenvalue weighted by atomic mass is 10.1. The molecule has 2 aromatic carbocycles. The van der Waals surface area contributed by atoms with Crippen molar-refractivity contribution in [3.05, 3.63) is 81.5 Å². The molecule has 5 heteroatoms. The van der Waals surface area contributed by atoms with Crippen molar-refractivity contribution in [2.75, 3.05) is 0 Å². The molecular weight excluding hydrogens is 466 g/mol. The Hall–Kier alpha value is -2.11. The summed E-state index contributed by atoms with van der Waals surface area (Å²) in [5.41, 5.74) is 2.87. The van der Waals surface area contributed by atoms with Crippen LogP contribution in [0.2, 0.25) is 0 Å². The van der Waals surface area contributed by atoms with Crippen LogP contribution in [-0.2, 0) is 0 Å². The molecule has 0 aliphatic rings. The first-order valence-corrected chi connectivity index (χ1v) is 10.3. The molecule has 0 saturated heterocycles. The quantitative estimate of drug-likeness (QED) is 0.362. The third-order valence-electron chi connectivity index (χ3n) is 3.89. The lowest BCUT2D eigenvalue weighted by Crippen LogP contribution is -2.02. The summed E-state index contributed by atoms with van der Waals surface area (Å²) >= 11 is 7.09. The largest absolute Gasteiger partial charge is 0.208 e. The smallest absolute Gasteiger partial charge is 0.164 e. The van der Waals surface area contributed by atoms with Gasteiger partial charge in [-0.1, -0.05) is 87.3 Å². The molecule has 0 fully saturated rings. The number of benzene rings is 2. The number of allylic oxidation sites excluding steroid dienone is 4. The van der Waals surface area contributed by atoms with E-state index in [1.807, 2.05) is 61.5 Å². The van der Waals surface area contributed by atoms with Gasteiger partial charge in [-0.15, -0.1) is 0 Å². The predicted molar refractivity (Wildman–Crippen MR) is 119 cm³/mol. The molecule has 0 unspecified atom stereocenters. The molecule has 27 heavy (non-hydrogen) atoms. The van der Waals surface area contributed by atoms with E-state index in [1.54, 1.807) is 0 Å². The maximum Gasteiger partial charge on any atom is 0.164 e. The third kappa shape index (κ3) is 4.99. The number of nitrogens with zero attached hydrogens (tertiary/aromatic N) is 3. The standard InChI is InChI=1S/C22H19Br2N3/c1-3-5-9-15(4-2)20-25-21(16-10-7-6-8-11-16)27-22(26-20)17-12-18(23)14-19(24)13-17/h4-14H,3H2,1-2H3/b9-5-,15-4+. The summed E-state index contributed by atoms with van der Waals surface area (Å²) < 4.78 is 1.93. The highest BCUT2D eigenvalue weighted by atomic mass is 79.9. The van der Waals surface area contributed by atoms with Crippen LogP contribution < -0.4 is 0 Å². The van der Waals surface area contributed by atoms with Gasteiger partial charge < -0.3 is 0 Å². The van der Waals surface area contributed by atoms with E-state index in [2.05, 4.69) is 50.9 Å². The van der Waals surface area contributed by atoms with Gasteiger partial charge in [-0.2, -0.15) is 0 Å². The topological polar surface area (TPSA) is 38.7 Å². The Morgan fingerprint density at radius 2 is 1.52 bits per heavy atom. The van der Waals surface area contributed by atoms with Gasteiger partial charge in [0.25, 0.3) is 0 Å². The monoisotopic (exact) mass is 483 g/mol. The molecule has 136 valence electrons. The maximum absolute atomic E-state index is 4.75. The summed E-state index contributed by atoms with van der Waals surface area (Å²) in [5, 5.41) is 0. The average molecular weight is 485 g/mol. The van der Waals surface area contributed by atoms with E-state index in [1.165, 1.54) is 0 Å². The molecule has 0 spiro atoms. The summed E-state index contributed by atoms with van der Waals surface area (Å²) in [7, 11) is 0. The molecule has 0 saturated carbocycles. The molecule has 1 aromatic heterocycles. The number of hydrogen-bond acceptors (Lipinski definition) is 3. The second-order valence-electron chi connectivity index (χ2n) is 5.89. The van der Waals surface area contributed by atoms with E-state index >= 15 is 0 Å². The van der Waals surface area contributed by atoms with Crippen molar-refractivity contribution >= 4 is 37.4 Å². The summed E-state index contributed by atoms with van der Waals surface area (Å²) in [6.07, 6.45) is 7.15. The molecule has 0 aliphatic heterocycles. The van der Waals surface area contributed by atoms with Crippen molar-refractivity contribution in [3.8, 4) is 22.8 Å². The summed E-state index contributed by atoms with van der Waals surface area (Å²) in [5.74, 6) is 1.98. The molecule has 3 nitrogen and oxygen atoms in total. The Labute approximate surface area is 176 Å². The molecule has 0 N–H and O–H groups in total. The average Bonchev–Trinajstić information content (AvgIpc) is 2.68. The van der Waals surface area contributed by atoms with Crippen LogP contribution in [0.5, 0.6) is 0 Å². The molecule has 0 bridgehead atoms. The highest BCUT2D eigenvalue weighted by Crippen LogP contribution is 2.28. The lowest BCUT2D eigenvalue weighted by Gasteiger charge is -2.09. The summed E-state index contributed by atoms with van der Waals surface area (Å²) in [6, 6.07) is 16.0. The Kier molecular flexibility index (Phi) is 6.69. The minimum absolute atomic E-state index is 0.644. The first kappa shape index (κ1) is 19.6. The first-order chi connectivity index (χ1) is 13.1. The van der Waals surface area contributed by atoms with Crippen molar-refractivity contribution < 1.29 is 0 Å². The van der Waals surface area contributed by atoms with E-state index in [4.69, 9.17) is 15.0 Å². The van der Waals surface area contributed by atoms with Gasteiger partial charge >= 0.3 is 0 Å². The number of halogens is 2. The molecule has 3 aromatic rings. The highest BCUT2D eigenvalue weighted by molar-refractivity contribution is 9.11. The van der Waals surface area contributed by atoms with Gasteiger partial charge in [0.15, 0.2) is 17.5 Å². The molecule has 0 radical (unpaired) electrons. The van der Waals surface area contributed by atoms with Crippen LogP contribution in [0.3, 0.4) is 0 Å². The maximum atomic E-state index is 4.75. The lowest BCUT2D eigenvalue weighted by molar-refractivity contribution is 1.04. The highest BCUT2D eigenvalue weighted by Gasteiger charge is 2.13.